The summed E-state index contributed by atoms with van der Waals surface area (Å²) in [6.07, 6.45) is 8.20. The van der Waals surface area contributed by atoms with Crippen molar-refractivity contribution in [3.63, 3.8) is 0 Å². The molecular weight excluding hydrogens is 220 g/mol. The molecule has 4 rings (SSSR count). The molecule has 4 bridgehead atoms. The van der Waals surface area contributed by atoms with E-state index in [0.717, 1.165) is 41.4 Å². The van der Waals surface area contributed by atoms with E-state index in [-0.39, 0.29) is 5.60 Å². The minimum Gasteiger partial charge on any atom is -0.487 e. The molecule has 1 nitrogen and oxygen atoms in total. The van der Waals surface area contributed by atoms with Gasteiger partial charge in [-0.05, 0) is 74.7 Å². The summed E-state index contributed by atoms with van der Waals surface area (Å²) in [5.41, 5.74) is 1.07. The average Bonchev–Trinajstić information content (AvgIpc) is 2.32. The van der Waals surface area contributed by atoms with E-state index in [1.54, 1.807) is 0 Å². The Kier molecular flexibility index (Phi) is 2.84. The lowest BCUT2D eigenvalue weighted by atomic mass is 9.49. The summed E-state index contributed by atoms with van der Waals surface area (Å²) in [5, 5.41) is 0. The molecule has 0 atom stereocenters. The van der Waals surface area contributed by atoms with Crippen LogP contribution in [0.3, 0.4) is 0 Å². The number of rotatable bonds is 4. The van der Waals surface area contributed by atoms with Gasteiger partial charge >= 0.3 is 0 Å². The lowest BCUT2D eigenvalue weighted by molar-refractivity contribution is -0.184. The van der Waals surface area contributed by atoms with Crippen LogP contribution >= 0.6 is 0 Å². The van der Waals surface area contributed by atoms with Gasteiger partial charge in [-0.2, -0.15) is 0 Å². The van der Waals surface area contributed by atoms with Gasteiger partial charge in [-0.15, -0.1) is 0 Å². The van der Waals surface area contributed by atoms with Crippen molar-refractivity contribution in [2.45, 2.75) is 58.0 Å². The molecule has 0 radical (unpaired) electrons. The number of hydrogen-bond acceptors (Lipinski definition) is 1. The molecule has 0 saturated heterocycles. The highest BCUT2D eigenvalue weighted by molar-refractivity contribution is 5.19. The zero-order valence-corrected chi connectivity index (χ0v) is 11.9. The van der Waals surface area contributed by atoms with Crippen LogP contribution in [0.1, 0.15) is 52.4 Å². The molecule has 0 aromatic rings. The Balaban J connectivity index is 1.87. The molecule has 0 aromatic heterocycles. The Morgan fingerprint density at radius 3 is 1.94 bits per heavy atom. The first-order valence-corrected chi connectivity index (χ1v) is 7.59. The van der Waals surface area contributed by atoms with Crippen molar-refractivity contribution in [3.8, 4) is 0 Å². The van der Waals surface area contributed by atoms with Crippen LogP contribution in [0, 0.1) is 23.7 Å². The molecule has 0 spiro atoms. The van der Waals surface area contributed by atoms with E-state index < -0.39 is 0 Å². The SMILES string of the molecule is C=C(C)C(=C)OC1(CC)C2CC3CC(C2)CC1C3. The quantitative estimate of drug-likeness (QED) is 0.516. The van der Waals surface area contributed by atoms with Gasteiger partial charge in [-0.3, -0.25) is 0 Å². The summed E-state index contributed by atoms with van der Waals surface area (Å²) in [4.78, 5) is 0. The largest absolute Gasteiger partial charge is 0.487 e. The second-order valence-corrected chi connectivity index (χ2v) is 6.92. The first-order valence-electron chi connectivity index (χ1n) is 7.59. The molecule has 0 aliphatic heterocycles. The molecule has 4 saturated carbocycles. The van der Waals surface area contributed by atoms with Gasteiger partial charge in [0.1, 0.15) is 11.4 Å². The van der Waals surface area contributed by atoms with Crippen molar-refractivity contribution in [1.82, 2.24) is 0 Å². The Bertz CT molecular complexity index is 351. The van der Waals surface area contributed by atoms with Gasteiger partial charge in [-0.1, -0.05) is 20.1 Å². The lowest BCUT2D eigenvalue weighted by Gasteiger charge is -2.60. The van der Waals surface area contributed by atoms with Crippen molar-refractivity contribution in [2.75, 3.05) is 0 Å². The van der Waals surface area contributed by atoms with Gasteiger partial charge < -0.3 is 4.74 Å². The first kappa shape index (κ1) is 12.3. The van der Waals surface area contributed by atoms with Gasteiger partial charge in [0, 0.05) is 0 Å². The molecular formula is C17H26O. The van der Waals surface area contributed by atoms with Gasteiger partial charge in [0.15, 0.2) is 0 Å². The van der Waals surface area contributed by atoms with Crippen LogP contribution in [0.5, 0.6) is 0 Å². The lowest BCUT2D eigenvalue weighted by Crippen LogP contribution is -2.58. The predicted octanol–water partition coefficient (Wildman–Crippen LogP) is 4.70. The van der Waals surface area contributed by atoms with Crippen LogP contribution in [0.4, 0.5) is 0 Å². The summed E-state index contributed by atoms with van der Waals surface area (Å²) in [6, 6.07) is 0. The summed E-state index contributed by atoms with van der Waals surface area (Å²) in [7, 11) is 0. The van der Waals surface area contributed by atoms with Crippen LogP contribution in [0.2, 0.25) is 0 Å². The number of ether oxygens (including phenoxy) is 1. The zero-order valence-electron chi connectivity index (χ0n) is 11.9. The van der Waals surface area contributed by atoms with Crippen LogP contribution in [0.15, 0.2) is 24.5 Å². The second-order valence-electron chi connectivity index (χ2n) is 6.92. The smallest absolute Gasteiger partial charge is 0.115 e. The molecule has 0 N–H and O–H groups in total. The molecule has 18 heavy (non-hydrogen) atoms. The molecule has 0 heterocycles. The summed E-state index contributed by atoms with van der Waals surface area (Å²) >= 11 is 0. The van der Waals surface area contributed by atoms with E-state index in [1.165, 1.54) is 32.1 Å². The topological polar surface area (TPSA) is 9.23 Å². The highest BCUT2D eigenvalue weighted by Crippen LogP contribution is 2.61. The molecule has 4 aliphatic rings. The summed E-state index contributed by atoms with van der Waals surface area (Å²) < 4.78 is 6.43. The molecule has 0 amide bonds. The van der Waals surface area contributed by atoms with Gasteiger partial charge in [-0.25, -0.2) is 0 Å². The van der Waals surface area contributed by atoms with E-state index in [9.17, 15) is 0 Å². The Morgan fingerprint density at radius 2 is 1.56 bits per heavy atom. The van der Waals surface area contributed by atoms with Gasteiger partial charge in [0.2, 0.25) is 0 Å². The van der Waals surface area contributed by atoms with Crippen molar-refractivity contribution >= 4 is 0 Å². The molecule has 0 aromatic carbocycles. The highest BCUT2D eigenvalue weighted by atomic mass is 16.5. The zero-order chi connectivity index (χ0) is 12.9. The Hall–Kier alpha value is -0.720. The van der Waals surface area contributed by atoms with E-state index in [2.05, 4.69) is 20.1 Å². The van der Waals surface area contributed by atoms with E-state index in [0.29, 0.717) is 0 Å². The maximum atomic E-state index is 6.43. The Labute approximate surface area is 111 Å². The molecule has 4 fully saturated rings. The summed E-state index contributed by atoms with van der Waals surface area (Å²) in [5.74, 6) is 4.36. The van der Waals surface area contributed by atoms with Gasteiger partial charge in [0.05, 0.1) is 0 Å². The van der Waals surface area contributed by atoms with Crippen LogP contribution in [-0.4, -0.2) is 5.60 Å². The van der Waals surface area contributed by atoms with E-state index >= 15 is 0 Å². The molecule has 1 heteroatoms. The van der Waals surface area contributed by atoms with Crippen molar-refractivity contribution in [1.29, 1.82) is 0 Å². The fourth-order valence-electron chi connectivity index (χ4n) is 5.11. The second kappa shape index (κ2) is 4.15. The summed E-state index contributed by atoms with van der Waals surface area (Å²) in [6.45, 7) is 12.4. The predicted molar refractivity (Wildman–Crippen MR) is 75.1 cm³/mol. The maximum absolute atomic E-state index is 6.43. The molecule has 100 valence electrons. The van der Waals surface area contributed by atoms with Crippen LogP contribution < -0.4 is 0 Å². The normalized spacial score (nSPS) is 45.0. The highest BCUT2D eigenvalue weighted by Gasteiger charge is 2.58. The number of allylic oxidation sites excluding steroid dienone is 1. The van der Waals surface area contributed by atoms with Crippen LogP contribution in [-0.2, 0) is 4.74 Å². The van der Waals surface area contributed by atoms with E-state index in [1.807, 2.05) is 6.92 Å². The minimum atomic E-state index is 0.0868. The number of hydrogen-bond donors (Lipinski definition) is 0. The van der Waals surface area contributed by atoms with E-state index in [4.69, 9.17) is 4.74 Å². The standard InChI is InChI=1S/C17H26O/c1-5-17(18-12(4)11(2)3)15-7-13-6-14(9-15)10-16(17)8-13/h13-16H,2,4-10H2,1,3H3. The van der Waals surface area contributed by atoms with Crippen LogP contribution in [0.25, 0.3) is 0 Å². The maximum Gasteiger partial charge on any atom is 0.115 e. The van der Waals surface area contributed by atoms with Crippen molar-refractivity contribution in [2.24, 2.45) is 23.7 Å². The third kappa shape index (κ3) is 1.66. The van der Waals surface area contributed by atoms with Crippen molar-refractivity contribution in [3.05, 3.63) is 24.5 Å². The average molecular weight is 246 g/mol. The molecule has 4 aliphatic carbocycles. The van der Waals surface area contributed by atoms with Crippen molar-refractivity contribution < 1.29 is 4.74 Å². The van der Waals surface area contributed by atoms with Gasteiger partial charge in [0.25, 0.3) is 0 Å². The third-order valence-electron chi connectivity index (χ3n) is 5.86. The Morgan fingerprint density at radius 1 is 1.06 bits per heavy atom. The fourth-order valence-corrected chi connectivity index (χ4v) is 5.11. The fraction of sp³-hybridized carbons (Fsp3) is 0.765. The monoisotopic (exact) mass is 246 g/mol. The first-order chi connectivity index (χ1) is 8.55. The third-order valence-corrected chi connectivity index (χ3v) is 5.86. The minimum absolute atomic E-state index is 0.0868. The molecule has 0 unspecified atom stereocenters.